The van der Waals surface area contributed by atoms with Crippen LogP contribution < -0.4 is 4.90 Å². The number of amides is 2. The van der Waals surface area contributed by atoms with Gasteiger partial charge in [-0.1, -0.05) is 46.3 Å². The monoisotopic (exact) mass is 406 g/mol. The highest BCUT2D eigenvalue weighted by Gasteiger charge is 2.55. The summed E-state index contributed by atoms with van der Waals surface area (Å²) in [6.07, 6.45) is 0. The average molecular weight is 406 g/mol. The number of halogens is 1. The van der Waals surface area contributed by atoms with Gasteiger partial charge in [-0.05, 0) is 25.1 Å². The fourth-order valence-electron chi connectivity index (χ4n) is 3.50. The molecule has 10 heteroatoms. The smallest absolute Gasteiger partial charge is 0.263 e. The lowest BCUT2D eigenvalue weighted by Crippen LogP contribution is -2.39. The second-order valence-electron chi connectivity index (χ2n) is 7.06. The summed E-state index contributed by atoms with van der Waals surface area (Å²) in [5.74, 6) is -0.979. The molecule has 0 saturated carbocycles. The van der Waals surface area contributed by atoms with E-state index in [1.807, 2.05) is 31.2 Å². The molecule has 150 valence electrons. The summed E-state index contributed by atoms with van der Waals surface area (Å²) in [5.41, 5.74) is 2.06. The Bertz CT molecular complexity index is 1180. The first-order chi connectivity index (χ1) is 14.5. The molecule has 2 aliphatic rings. The third-order valence-electron chi connectivity index (χ3n) is 5.00. The number of aryl methyl sites for hydroxylation is 1. The standard InChI is InChI=1S/C20H15FN6O3/c1-11-5-7-12(8-6-11)18-22-15(30-24-18)10-26-17-16(23-25-26)19(28)27(20(17)29)14-4-2-3-13(21)9-14/h2-9,16-17H,10H2,1H3/t16-,17-/m0/s1. The van der Waals surface area contributed by atoms with Crippen LogP contribution in [0.2, 0.25) is 0 Å². The quantitative estimate of drug-likeness (QED) is 0.617. The Labute approximate surface area is 169 Å². The maximum Gasteiger partial charge on any atom is 0.263 e. The van der Waals surface area contributed by atoms with Gasteiger partial charge in [-0.25, -0.2) is 9.29 Å². The molecule has 1 aromatic heterocycles. The van der Waals surface area contributed by atoms with Crippen LogP contribution in [0, 0.1) is 12.7 Å². The van der Waals surface area contributed by atoms with Crippen LogP contribution in [0.1, 0.15) is 11.5 Å². The van der Waals surface area contributed by atoms with E-state index in [1.165, 1.54) is 23.2 Å². The topological polar surface area (TPSA) is 104 Å². The fraction of sp³-hybridized carbons (Fsp3) is 0.200. The van der Waals surface area contributed by atoms with Crippen LogP contribution in [0.15, 0.2) is 63.4 Å². The van der Waals surface area contributed by atoms with Crippen LogP contribution in [0.25, 0.3) is 11.4 Å². The highest BCUT2D eigenvalue weighted by Crippen LogP contribution is 2.33. The molecule has 3 heterocycles. The van der Waals surface area contributed by atoms with Gasteiger partial charge in [0.2, 0.25) is 11.7 Å². The van der Waals surface area contributed by atoms with E-state index in [4.69, 9.17) is 4.52 Å². The van der Waals surface area contributed by atoms with E-state index in [-0.39, 0.29) is 18.1 Å². The number of benzene rings is 2. The Hall–Kier alpha value is -3.95. The highest BCUT2D eigenvalue weighted by molar-refractivity contribution is 6.25. The second kappa shape index (κ2) is 6.83. The Balaban J connectivity index is 1.36. The summed E-state index contributed by atoms with van der Waals surface area (Å²) in [5, 5.41) is 13.2. The molecule has 0 bridgehead atoms. The van der Waals surface area contributed by atoms with Gasteiger partial charge in [0.25, 0.3) is 11.8 Å². The van der Waals surface area contributed by atoms with Crippen LogP contribution in [0.4, 0.5) is 10.1 Å². The van der Waals surface area contributed by atoms with Crippen molar-refractivity contribution in [1.82, 2.24) is 15.1 Å². The summed E-state index contributed by atoms with van der Waals surface area (Å²) < 4.78 is 18.8. The zero-order valence-corrected chi connectivity index (χ0v) is 15.8. The molecule has 5 rings (SSSR count). The van der Waals surface area contributed by atoms with Crippen molar-refractivity contribution in [3.63, 3.8) is 0 Å². The van der Waals surface area contributed by atoms with E-state index >= 15 is 0 Å². The van der Waals surface area contributed by atoms with Crippen molar-refractivity contribution in [2.75, 3.05) is 4.90 Å². The molecule has 2 atom stereocenters. The van der Waals surface area contributed by atoms with Crippen molar-refractivity contribution >= 4 is 17.5 Å². The number of fused-ring (bicyclic) bond motifs is 1. The van der Waals surface area contributed by atoms with Crippen molar-refractivity contribution in [2.45, 2.75) is 25.6 Å². The van der Waals surface area contributed by atoms with E-state index in [9.17, 15) is 14.0 Å². The number of carbonyl (C=O) groups is 2. The highest BCUT2D eigenvalue weighted by atomic mass is 19.1. The molecule has 0 aliphatic carbocycles. The minimum absolute atomic E-state index is 0.0134. The number of aromatic nitrogens is 2. The normalized spacial score (nSPS) is 20.3. The van der Waals surface area contributed by atoms with E-state index < -0.39 is 29.7 Å². The fourth-order valence-corrected chi connectivity index (χ4v) is 3.50. The van der Waals surface area contributed by atoms with Gasteiger partial charge in [-0.2, -0.15) is 10.1 Å². The lowest BCUT2D eigenvalue weighted by Gasteiger charge is -2.19. The third-order valence-corrected chi connectivity index (χ3v) is 5.00. The van der Waals surface area contributed by atoms with Crippen LogP contribution in [0.3, 0.4) is 0 Å². The molecule has 2 aromatic carbocycles. The van der Waals surface area contributed by atoms with Gasteiger partial charge in [-0.3, -0.25) is 14.6 Å². The lowest BCUT2D eigenvalue weighted by molar-refractivity contribution is -0.123. The van der Waals surface area contributed by atoms with Crippen molar-refractivity contribution in [2.24, 2.45) is 10.3 Å². The molecule has 9 nitrogen and oxygen atoms in total. The summed E-state index contributed by atoms with van der Waals surface area (Å²) >= 11 is 0. The molecule has 0 spiro atoms. The number of carbonyl (C=O) groups excluding carboxylic acids is 2. The van der Waals surface area contributed by atoms with Crippen molar-refractivity contribution in [3.8, 4) is 11.4 Å². The molecule has 1 saturated heterocycles. The van der Waals surface area contributed by atoms with Crippen molar-refractivity contribution < 1.29 is 18.5 Å². The van der Waals surface area contributed by atoms with Crippen molar-refractivity contribution in [1.29, 1.82) is 0 Å². The molecular formula is C20H15FN6O3. The predicted molar refractivity (Wildman–Crippen MR) is 101 cm³/mol. The lowest BCUT2D eigenvalue weighted by atomic mass is 10.1. The Kier molecular flexibility index (Phi) is 4.12. The summed E-state index contributed by atoms with van der Waals surface area (Å²) in [4.78, 5) is 30.9. The van der Waals surface area contributed by atoms with Gasteiger partial charge in [-0.15, -0.1) is 0 Å². The van der Waals surface area contributed by atoms with Gasteiger partial charge in [0.15, 0.2) is 12.1 Å². The van der Waals surface area contributed by atoms with E-state index in [0.29, 0.717) is 5.82 Å². The first-order valence-electron chi connectivity index (χ1n) is 9.22. The largest absolute Gasteiger partial charge is 0.337 e. The number of hydrogen-bond donors (Lipinski definition) is 0. The molecule has 2 amide bonds. The van der Waals surface area contributed by atoms with Crippen LogP contribution in [-0.2, 0) is 16.1 Å². The maximum atomic E-state index is 13.6. The summed E-state index contributed by atoms with van der Waals surface area (Å²) in [6, 6.07) is 11.0. The predicted octanol–water partition coefficient (Wildman–Crippen LogP) is 2.68. The Morgan fingerprint density at radius 3 is 2.67 bits per heavy atom. The summed E-state index contributed by atoms with van der Waals surface area (Å²) in [6.45, 7) is 1.99. The second-order valence-corrected chi connectivity index (χ2v) is 7.06. The van der Waals surface area contributed by atoms with Crippen LogP contribution >= 0.6 is 0 Å². The third kappa shape index (κ3) is 2.93. The first-order valence-corrected chi connectivity index (χ1v) is 9.22. The molecule has 0 N–H and O–H groups in total. The molecule has 0 radical (unpaired) electrons. The Morgan fingerprint density at radius 2 is 1.90 bits per heavy atom. The van der Waals surface area contributed by atoms with Crippen molar-refractivity contribution in [3.05, 3.63) is 65.8 Å². The maximum absolute atomic E-state index is 13.6. The van der Waals surface area contributed by atoms with Gasteiger partial charge in [0.05, 0.1) is 5.69 Å². The zero-order valence-electron chi connectivity index (χ0n) is 15.8. The van der Waals surface area contributed by atoms with Crippen LogP contribution in [-0.4, -0.2) is 39.0 Å². The number of hydrogen-bond acceptors (Lipinski definition) is 8. The molecular weight excluding hydrogens is 391 g/mol. The molecule has 30 heavy (non-hydrogen) atoms. The van der Waals surface area contributed by atoms with Gasteiger partial charge in [0.1, 0.15) is 12.4 Å². The number of nitrogens with zero attached hydrogens (tertiary/aromatic N) is 6. The molecule has 3 aromatic rings. The van der Waals surface area contributed by atoms with E-state index in [1.54, 1.807) is 0 Å². The molecule has 0 unspecified atom stereocenters. The van der Waals surface area contributed by atoms with Gasteiger partial charge in [0, 0.05) is 5.56 Å². The van der Waals surface area contributed by atoms with Gasteiger partial charge < -0.3 is 4.52 Å². The SMILES string of the molecule is Cc1ccc(-c2noc(CN3N=N[C@@H]4C(=O)N(c5cccc(F)c5)C(=O)[C@H]43)n2)cc1. The zero-order chi connectivity index (χ0) is 20.8. The van der Waals surface area contributed by atoms with E-state index in [2.05, 4.69) is 20.5 Å². The first kappa shape index (κ1) is 18.1. The van der Waals surface area contributed by atoms with E-state index in [0.717, 1.165) is 22.1 Å². The minimum atomic E-state index is -0.986. The average Bonchev–Trinajstić information content (AvgIpc) is 3.41. The van der Waals surface area contributed by atoms with Gasteiger partial charge >= 0.3 is 0 Å². The summed E-state index contributed by atoms with van der Waals surface area (Å²) in [7, 11) is 0. The number of imide groups is 1. The molecule has 2 aliphatic heterocycles. The van der Waals surface area contributed by atoms with Crippen LogP contribution in [0.5, 0.6) is 0 Å². The number of anilines is 1. The Morgan fingerprint density at radius 1 is 1.10 bits per heavy atom. The molecule has 1 fully saturated rings. The minimum Gasteiger partial charge on any atom is -0.337 e. The number of rotatable bonds is 4.